The zero-order valence-electron chi connectivity index (χ0n) is 12.2. The lowest BCUT2D eigenvalue weighted by Crippen LogP contribution is -2.05. The van der Waals surface area contributed by atoms with Crippen LogP contribution < -0.4 is 5.32 Å². The summed E-state index contributed by atoms with van der Waals surface area (Å²) in [5, 5.41) is 11.5. The maximum Gasteiger partial charge on any atom is 0.247 e. The molecule has 0 atom stereocenters. The average Bonchev–Trinajstić information content (AvgIpc) is 3.01. The molecule has 4 nitrogen and oxygen atoms in total. The van der Waals surface area contributed by atoms with E-state index in [2.05, 4.69) is 44.4 Å². The minimum Gasteiger partial charge on any atom is -0.421 e. The van der Waals surface area contributed by atoms with Gasteiger partial charge in [-0.1, -0.05) is 34.1 Å². The first-order chi connectivity index (χ1) is 10.7. The highest BCUT2D eigenvalue weighted by Crippen LogP contribution is 2.20. The molecule has 1 N–H and O–H groups in total. The third-order valence-corrected chi connectivity index (χ3v) is 4.20. The Kier molecular flexibility index (Phi) is 4.53. The topological polar surface area (TPSA) is 51.0 Å². The van der Waals surface area contributed by atoms with Crippen LogP contribution in [0.25, 0.3) is 11.5 Å². The zero-order valence-corrected chi connectivity index (χ0v) is 13.8. The molecule has 0 saturated heterocycles. The van der Waals surface area contributed by atoms with Gasteiger partial charge in [-0.3, -0.25) is 0 Å². The van der Waals surface area contributed by atoms with Gasteiger partial charge in [0.05, 0.1) is 0 Å². The van der Waals surface area contributed by atoms with Crippen LogP contribution in [-0.4, -0.2) is 16.7 Å². The van der Waals surface area contributed by atoms with Gasteiger partial charge in [0.2, 0.25) is 11.8 Å². The van der Waals surface area contributed by atoms with Gasteiger partial charge in [0.15, 0.2) is 0 Å². The van der Waals surface area contributed by atoms with E-state index in [1.807, 2.05) is 42.5 Å². The molecular formula is C17H16BrN3O. The van der Waals surface area contributed by atoms with Crippen molar-refractivity contribution in [1.29, 1.82) is 0 Å². The number of benzene rings is 2. The van der Waals surface area contributed by atoms with Crippen molar-refractivity contribution >= 4 is 21.6 Å². The second-order valence-electron chi connectivity index (χ2n) is 5.01. The highest BCUT2D eigenvalue weighted by atomic mass is 79.9. The number of aromatic nitrogens is 2. The molecule has 3 aromatic rings. The van der Waals surface area contributed by atoms with E-state index in [0.717, 1.165) is 22.3 Å². The predicted octanol–water partition coefficient (Wildman–Crippen LogP) is 4.46. The van der Waals surface area contributed by atoms with Gasteiger partial charge >= 0.3 is 0 Å². The molecule has 0 saturated carbocycles. The van der Waals surface area contributed by atoms with Gasteiger partial charge in [0, 0.05) is 28.7 Å². The normalized spacial score (nSPS) is 10.6. The average molecular weight is 358 g/mol. The lowest BCUT2D eigenvalue weighted by atomic mass is 10.2. The van der Waals surface area contributed by atoms with Crippen LogP contribution in [0.4, 0.5) is 5.69 Å². The number of nitrogens with zero attached hydrogens (tertiary/aromatic N) is 2. The Morgan fingerprint density at radius 2 is 1.91 bits per heavy atom. The molecule has 0 amide bonds. The first-order valence-electron chi connectivity index (χ1n) is 7.10. The molecule has 22 heavy (non-hydrogen) atoms. The van der Waals surface area contributed by atoms with Crippen LogP contribution in [0.5, 0.6) is 0 Å². The highest BCUT2D eigenvalue weighted by molar-refractivity contribution is 9.10. The van der Waals surface area contributed by atoms with E-state index in [0.29, 0.717) is 18.2 Å². The van der Waals surface area contributed by atoms with Gasteiger partial charge in [-0.05, 0) is 42.8 Å². The second kappa shape index (κ2) is 6.75. The molecule has 0 aliphatic rings. The summed E-state index contributed by atoms with van der Waals surface area (Å²) < 4.78 is 6.79. The lowest BCUT2D eigenvalue weighted by Gasteiger charge is -2.06. The number of anilines is 1. The Morgan fingerprint density at radius 3 is 2.68 bits per heavy atom. The molecule has 0 aliphatic carbocycles. The van der Waals surface area contributed by atoms with Crippen molar-refractivity contribution in [3.63, 3.8) is 0 Å². The van der Waals surface area contributed by atoms with E-state index < -0.39 is 0 Å². The van der Waals surface area contributed by atoms with Crippen LogP contribution in [0.15, 0.2) is 57.4 Å². The summed E-state index contributed by atoms with van der Waals surface area (Å²) in [7, 11) is 0. The van der Waals surface area contributed by atoms with Crippen LogP contribution in [-0.2, 0) is 6.42 Å². The summed E-state index contributed by atoms with van der Waals surface area (Å²) in [6.45, 7) is 2.82. The van der Waals surface area contributed by atoms with Crippen molar-refractivity contribution in [2.75, 3.05) is 11.9 Å². The fourth-order valence-electron chi connectivity index (χ4n) is 2.12. The van der Waals surface area contributed by atoms with Crippen molar-refractivity contribution in [3.8, 4) is 11.5 Å². The molecule has 5 heteroatoms. The first kappa shape index (κ1) is 14.8. The van der Waals surface area contributed by atoms with Crippen LogP contribution in [0.2, 0.25) is 0 Å². The largest absolute Gasteiger partial charge is 0.421 e. The number of hydrogen-bond acceptors (Lipinski definition) is 4. The molecule has 3 rings (SSSR count). The quantitative estimate of drug-likeness (QED) is 0.732. The standard InChI is InChI=1S/C17H16BrN3O/c1-12-11-14(7-8-15(12)18)19-10-9-16-20-21-17(22-16)13-5-3-2-4-6-13/h2-8,11,19H,9-10H2,1H3. The van der Waals surface area contributed by atoms with Crippen LogP contribution in [0.3, 0.4) is 0 Å². The van der Waals surface area contributed by atoms with E-state index in [1.165, 1.54) is 5.56 Å². The van der Waals surface area contributed by atoms with Gasteiger partial charge in [-0.2, -0.15) is 0 Å². The number of hydrogen-bond donors (Lipinski definition) is 1. The Bertz CT molecular complexity index is 756. The molecule has 0 fully saturated rings. The summed E-state index contributed by atoms with van der Waals surface area (Å²) in [6.07, 6.45) is 0.689. The van der Waals surface area contributed by atoms with Crippen molar-refractivity contribution in [3.05, 3.63) is 64.5 Å². The molecule has 1 heterocycles. The summed E-state index contributed by atoms with van der Waals surface area (Å²) in [6, 6.07) is 16.0. The van der Waals surface area contributed by atoms with E-state index in [1.54, 1.807) is 0 Å². The van der Waals surface area contributed by atoms with Crippen LogP contribution in [0, 0.1) is 6.92 Å². The van der Waals surface area contributed by atoms with Crippen molar-refractivity contribution < 1.29 is 4.42 Å². The Labute approximate surface area is 137 Å². The Hall–Kier alpha value is -2.14. The molecule has 2 aromatic carbocycles. The molecule has 112 valence electrons. The minimum absolute atomic E-state index is 0.565. The highest BCUT2D eigenvalue weighted by Gasteiger charge is 2.07. The summed E-state index contributed by atoms with van der Waals surface area (Å²) >= 11 is 3.50. The van der Waals surface area contributed by atoms with Crippen molar-refractivity contribution in [2.24, 2.45) is 0 Å². The van der Waals surface area contributed by atoms with E-state index in [-0.39, 0.29) is 0 Å². The predicted molar refractivity (Wildman–Crippen MR) is 90.8 cm³/mol. The van der Waals surface area contributed by atoms with Crippen molar-refractivity contribution in [1.82, 2.24) is 10.2 Å². The Balaban J connectivity index is 1.58. The maximum absolute atomic E-state index is 5.68. The van der Waals surface area contributed by atoms with Crippen molar-refractivity contribution in [2.45, 2.75) is 13.3 Å². The molecule has 0 radical (unpaired) electrons. The molecule has 0 bridgehead atoms. The van der Waals surface area contributed by atoms with Crippen LogP contribution >= 0.6 is 15.9 Å². The van der Waals surface area contributed by atoms with Gasteiger partial charge in [0.25, 0.3) is 0 Å². The Morgan fingerprint density at radius 1 is 1.09 bits per heavy atom. The van der Waals surface area contributed by atoms with Gasteiger partial charge < -0.3 is 9.73 Å². The summed E-state index contributed by atoms with van der Waals surface area (Å²) in [4.78, 5) is 0. The molecular weight excluding hydrogens is 342 g/mol. The third kappa shape index (κ3) is 3.54. The molecule has 0 unspecified atom stereocenters. The fraction of sp³-hybridized carbons (Fsp3) is 0.176. The monoisotopic (exact) mass is 357 g/mol. The smallest absolute Gasteiger partial charge is 0.247 e. The van der Waals surface area contributed by atoms with E-state index in [9.17, 15) is 0 Å². The first-order valence-corrected chi connectivity index (χ1v) is 7.89. The van der Waals surface area contributed by atoms with Crippen LogP contribution in [0.1, 0.15) is 11.5 Å². The maximum atomic E-state index is 5.68. The third-order valence-electron chi connectivity index (χ3n) is 3.31. The van der Waals surface area contributed by atoms with Gasteiger partial charge in [0.1, 0.15) is 0 Å². The zero-order chi connectivity index (χ0) is 15.4. The molecule has 0 aliphatic heterocycles. The van der Waals surface area contributed by atoms with E-state index >= 15 is 0 Å². The van der Waals surface area contributed by atoms with Gasteiger partial charge in [-0.25, -0.2) is 0 Å². The molecule has 1 aromatic heterocycles. The lowest BCUT2D eigenvalue weighted by molar-refractivity contribution is 0.509. The van der Waals surface area contributed by atoms with Gasteiger partial charge in [-0.15, -0.1) is 10.2 Å². The molecule has 0 spiro atoms. The number of nitrogens with one attached hydrogen (secondary N) is 1. The number of aryl methyl sites for hydroxylation is 1. The summed E-state index contributed by atoms with van der Waals surface area (Å²) in [5.74, 6) is 1.20. The number of rotatable bonds is 5. The van der Waals surface area contributed by atoms with E-state index in [4.69, 9.17) is 4.42 Å². The minimum atomic E-state index is 0.565. The summed E-state index contributed by atoms with van der Waals surface area (Å²) in [5.41, 5.74) is 3.23. The number of halogens is 1. The second-order valence-corrected chi connectivity index (χ2v) is 5.86. The fourth-order valence-corrected chi connectivity index (χ4v) is 2.37. The SMILES string of the molecule is Cc1cc(NCCc2nnc(-c3ccccc3)o2)ccc1Br.